The molecule has 2 rings (SSSR count). The van der Waals surface area contributed by atoms with Gasteiger partial charge in [0.15, 0.2) is 0 Å². The molecule has 0 radical (unpaired) electrons. The fourth-order valence-electron chi connectivity index (χ4n) is 1.56. The van der Waals surface area contributed by atoms with E-state index in [4.69, 9.17) is 17.5 Å². The molecule has 2 nitrogen and oxygen atoms in total. The summed E-state index contributed by atoms with van der Waals surface area (Å²) < 4.78 is 0.508. The van der Waals surface area contributed by atoms with E-state index >= 15 is 0 Å². The third kappa shape index (κ3) is 1.64. The first-order chi connectivity index (χ1) is 7.11. The number of aromatic amines is 1. The van der Waals surface area contributed by atoms with E-state index in [9.17, 15) is 0 Å². The van der Waals surface area contributed by atoms with Gasteiger partial charge in [-0.25, -0.2) is 0 Å². The molecular formula is C12H10N2S. The van der Waals surface area contributed by atoms with Crippen LogP contribution in [0.2, 0.25) is 0 Å². The first-order valence-electron chi connectivity index (χ1n) is 4.66. The number of fused-ring (bicyclic) bond motifs is 1. The van der Waals surface area contributed by atoms with Crippen LogP contribution in [0.4, 0.5) is 0 Å². The first kappa shape index (κ1) is 9.88. The monoisotopic (exact) mass is 214 g/mol. The second-order valence-corrected chi connectivity index (χ2v) is 4.06. The number of nitrogens with one attached hydrogen (secondary N) is 1. The van der Waals surface area contributed by atoms with Crippen LogP contribution >= 0.6 is 12.2 Å². The van der Waals surface area contributed by atoms with E-state index in [1.807, 2.05) is 6.07 Å². The Kier molecular flexibility index (Phi) is 2.29. The van der Waals surface area contributed by atoms with Crippen molar-refractivity contribution in [1.82, 2.24) is 4.98 Å². The zero-order chi connectivity index (χ0) is 11.0. The molecule has 1 aromatic heterocycles. The lowest BCUT2D eigenvalue weighted by atomic mass is 10.1. The van der Waals surface area contributed by atoms with E-state index in [1.165, 1.54) is 11.1 Å². The Labute approximate surface area is 93.2 Å². The summed E-state index contributed by atoms with van der Waals surface area (Å²) in [5.74, 6) is 0. The van der Waals surface area contributed by atoms with Crippen molar-refractivity contribution in [1.29, 1.82) is 5.26 Å². The van der Waals surface area contributed by atoms with Crippen molar-refractivity contribution in [2.45, 2.75) is 13.8 Å². The fourth-order valence-corrected chi connectivity index (χ4v) is 1.77. The van der Waals surface area contributed by atoms with E-state index in [0.29, 0.717) is 10.2 Å². The van der Waals surface area contributed by atoms with Gasteiger partial charge in [-0.15, -0.1) is 0 Å². The van der Waals surface area contributed by atoms with E-state index in [2.05, 4.69) is 37.0 Å². The number of hydrogen-bond donors (Lipinski definition) is 1. The van der Waals surface area contributed by atoms with Crippen molar-refractivity contribution < 1.29 is 0 Å². The van der Waals surface area contributed by atoms with Crippen LogP contribution < -0.4 is 0 Å². The minimum Gasteiger partial charge on any atom is -0.345 e. The Morgan fingerprint density at radius 3 is 2.53 bits per heavy atom. The Bertz CT molecular complexity index is 632. The standard InChI is InChI=1S/C12H10N2S/c1-7-3-9-5-10(6-13)12(15)14-11(9)4-8(7)2/h3-5H,1-2H3,(H,14,15). The second kappa shape index (κ2) is 3.48. The molecule has 0 aliphatic heterocycles. The Balaban J connectivity index is 2.90. The first-order valence-corrected chi connectivity index (χ1v) is 5.07. The van der Waals surface area contributed by atoms with Gasteiger partial charge in [0.1, 0.15) is 10.7 Å². The van der Waals surface area contributed by atoms with Crippen molar-refractivity contribution in [2.75, 3.05) is 0 Å². The average molecular weight is 214 g/mol. The van der Waals surface area contributed by atoms with E-state index in [1.54, 1.807) is 0 Å². The van der Waals surface area contributed by atoms with Gasteiger partial charge >= 0.3 is 0 Å². The summed E-state index contributed by atoms with van der Waals surface area (Å²) in [6, 6.07) is 8.04. The zero-order valence-electron chi connectivity index (χ0n) is 8.59. The highest BCUT2D eigenvalue weighted by Crippen LogP contribution is 2.19. The summed E-state index contributed by atoms with van der Waals surface area (Å²) >= 11 is 5.08. The third-order valence-electron chi connectivity index (χ3n) is 2.58. The van der Waals surface area contributed by atoms with Crippen molar-refractivity contribution in [2.24, 2.45) is 0 Å². The molecule has 0 aliphatic rings. The zero-order valence-corrected chi connectivity index (χ0v) is 9.40. The number of hydrogen-bond acceptors (Lipinski definition) is 2. The molecule has 0 saturated carbocycles. The van der Waals surface area contributed by atoms with Gasteiger partial charge in [0.05, 0.1) is 5.56 Å². The molecular weight excluding hydrogens is 204 g/mol. The maximum absolute atomic E-state index is 8.87. The maximum atomic E-state index is 8.87. The van der Waals surface area contributed by atoms with Crippen LogP contribution in [0.3, 0.4) is 0 Å². The van der Waals surface area contributed by atoms with Crippen molar-refractivity contribution in [3.8, 4) is 6.07 Å². The van der Waals surface area contributed by atoms with Crippen LogP contribution in [0.5, 0.6) is 0 Å². The largest absolute Gasteiger partial charge is 0.345 e. The fraction of sp³-hybridized carbons (Fsp3) is 0.167. The predicted octanol–water partition coefficient (Wildman–Crippen LogP) is 3.39. The highest BCUT2D eigenvalue weighted by atomic mass is 32.1. The van der Waals surface area contributed by atoms with Crippen molar-refractivity contribution >= 4 is 23.1 Å². The molecule has 0 bridgehead atoms. The van der Waals surface area contributed by atoms with Crippen LogP contribution in [0, 0.1) is 29.8 Å². The highest BCUT2D eigenvalue weighted by molar-refractivity contribution is 7.71. The number of rotatable bonds is 0. The van der Waals surface area contributed by atoms with Gasteiger partial charge < -0.3 is 4.98 Å². The van der Waals surface area contributed by atoms with Gasteiger partial charge in [0.2, 0.25) is 0 Å². The molecule has 1 heterocycles. The van der Waals surface area contributed by atoms with Crippen LogP contribution in [0.25, 0.3) is 10.9 Å². The lowest BCUT2D eigenvalue weighted by Crippen LogP contribution is -1.88. The van der Waals surface area contributed by atoms with Gasteiger partial charge in [-0.05, 0) is 48.6 Å². The number of aryl methyl sites for hydroxylation is 2. The molecule has 0 saturated heterocycles. The Hall–Kier alpha value is -1.66. The molecule has 3 heteroatoms. The van der Waals surface area contributed by atoms with Gasteiger partial charge in [-0.3, -0.25) is 0 Å². The number of pyridine rings is 1. The number of aromatic nitrogens is 1. The second-order valence-electron chi connectivity index (χ2n) is 3.65. The summed E-state index contributed by atoms with van der Waals surface area (Å²) in [7, 11) is 0. The predicted molar refractivity (Wildman–Crippen MR) is 63.3 cm³/mol. The van der Waals surface area contributed by atoms with E-state index in [-0.39, 0.29) is 0 Å². The molecule has 0 unspecified atom stereocenters. The third-order valence-corrected chi connectivity index (χ3v) is 2.90. The minimum absolute atomic E-state index is 0.508. The quantitative estimate of drug-likeness (QED) is 0.683. The Morgan fingerprint density at radius 2 is 1.87 bits per heavy atom. The summed E-state index contributed by atoms with van der Waals surface area (Å²) in [6.07, 6.45) is 0. The Morgan fingerprint density at radius 1 is 1.20 bits per heavy atom. The summed E-state index contributed by atoms with van der Waals surface area (Å²) in [5.41, 5.74) is 3.96. The molecule has 15 heavy (non-hydrogen) atoms. The van der Waals surface area contributed by atoms with Crippen molar-refractivity contribution in [3.05, 3.63) is 39.5 Å². The summed E-state index contributed by atoms with van der Waals surface area (Å²) in [6.45, 7) is 4.12. The molecule has 0 fully saturated rings. The number of H-pyrrole nitrogens is 1. The minimum atomic E-state index is 0.508. The van der Waals surface area contributed by atoms with Crippen LogP contribution in [-0.4, -0.2) is 4.98 Å². The van der Waals surface area contributed by atoms with Gasteiger partial charge in [0.25, 0.3) is 0 Å². The molecule has 0 atom stereocenters. The SMILES string of the molecule is Cc1cc2cc(C#N)c(=S)[nH]c2cc1C. The molecule has 2 aromatic rings. The molecule has 1 N–H and O–H groups in total. The lowest BCUT2D eigenvalue weighted by Gasteiger charge is -2.04. The van der Waals surface area contributed by atoms with E-state index in [0.717, 1.165) is 10.9 Å². The van der Waals surface area contributed by atoms with Crippen LogP contribution in [-0.2, 0) is 0 Å². The van der Waals surface area contributed by atoms with Crippen molar-refractivity contribution in [3.63, 3.8) is 0 Å². The van der Waals surface area contributed by atoms with Gasteiger partial charge in [-0.1, -0.05) is 12.2 Å². The smallest absolute Gasteiger partial charge is 0.121 e. The topological polar surface area (TPSA) is 39.6 Å². The summed E-state index contributed by atoms with van der Waals surface area (Å²) in [5, 5.41) is 9.90. The maximum Gasteiger partial charge on any atom is 0.121 e. The molecule has 1 aromatic carbocycles. The van der Waals surface area contributed by atoms with Gasteiger partial charge in [0, 0.05) is 5.52 Å². The van der Waals surface area contributed by atoms with Gasteiger partial charge in [-0.2, -0.15) is 5.26 Å². The molecule has 74 valence electrons. The average Bonchev–Trinajstić information content (AvgIpc) is 2.20. The highest BCUT2D eigenvalue weighted by Gasteiger charge is 2.01. The number of nitriles is 1. The van der Waals surface area contributed by atoms with Crippen LogP contribution in [0.1, 0.15) is 16.7 Å². The van der Waals surface area contributed by atoms with E-state index < -0.39 is 0 Å². The molecule has 0 amide bonds. The normalized spacial score (nSPS) is 10.2. The summed E-state index contributed by atoms with van der Waals surface area (Å²) in [4.78, 5) is 3.07. The van der Waals surface area contributed by atoms with Crippen LogP contribution in [0.15, 0.2) is 18.2 Å². The lowest BCUT2D eigenvalue weighted by molar-refractivity contribution is 1.30. The molecule has 0 spiro atoms. The molecule has 0 aliphatic carbocycles. The number of benzene rings is 1. The number of nitrogens with zero attached hydrogens (tertiary/aromatic N) is 1.